The van der Waals surface area contributed by atoms with E-state index in [0.29, 0.717) is 6.04 Å². The van der Waals surface area contributed by atoms with Crippen molar-refractivity contribution >= 4 is 11.3 Å². The molecule has 0 amide bonds. The Labute approximate surface area is 109 Å². The molecule has 0 saturated heterocycles. The lowest BCUT2D eigenvalue weighted by Crippen LogP contribution is -2.58. The minimum Gasteiger partial charge on any atom is -0.315 e. The molecule has 17 heavy (non-hydrogen) atoms. The van der Waals surface area contributed by atoms with Crippen LogP contribution in [-0.4, -0.2) is 42.6 Å². The van der Waals surface area contributed by atoms with Crippen LogP contribution in [0.25, 0.3) is 0 Å². The highest BCUT2D eigenvalue weighted by Gasteiger charge is 2.36. The average molecular weight is 255 g/mol. The second kappa shape index (κ2) is 6.47. The summed E-state index contributed by atoms with van der Waals surface area (Å²) >= 11 is 1.75. The zero-order valence-corrected chi connectivity index (χ0v) is 12.5. The number of hydrogen-bond donors (Lipinski definition) is 1. The molecule has 3 nitrogen and oxygen atoms in total. The monoisotopic (exact) mass is 255 g/mol. The molecule has 98 valence electrons. The van der Waals surface area contributed by atoms with Gasteiger partial charge in [-0.05, 0) is 34.0 Å². The van der Waals surface area contributed by atoms with Crippen LogP contribution < -0.4 is 5.32 Å². The van der Waals surface area contributed by atoms with E-state index in [1.807, 2.05) is 11.7 Å². The van der Waals surface area contributed by atoms with E-state index in [-0.39, 0.29) is 5.54 Å². The van der Waals surface area contributed by atoms with Crippen molar-refractivity contribution in [2.45, 2.75) is 44.7 Å². The Morgan fingerprint density at radius 1 is 1.41 bits per heavy atom. The number of thiazole rings is 1. The van der Waals surface area contributed by atoms with Crippen molar-refractivity contribution in [2.75, 3.05) is 21.1 Å². The van der Waals surface area contributed by atoms with E-state index >= 15 is 0 Å². The zero-order chi connectivity index (χ0) is 12.9. The van der Waals surface area contributed by atoms with Gasteiger partial charge in [0.25, 0.3) is 0 Å². The molecular formula is C13H25N3S. The lowest BCUT2D eigenvalue weighted by molar-refractivity contribution is 0.0921. The van der Waals surface area contributed by atoms with Crippen LogP contribution in [-0.2, 0) is 6.42 Å². The van der Waals surface area contributed by atoms with E-state index in [2.05, 4.69) is 50.2 Å². The highest BCUT2D eigenvalue weighted by Crippen LogP contribution is 2.28. The Kier molecular flexibility index (Phi) is 5.56. The number of aromatic nitrogens is 1. The first-order chi connectivity index (χ1) is 8.10. The molecule has 0 aromatic carbocycles. The fraction of sp³-hybridized carbons (Fsp3) is 0.769. The molecule has 0 aliphatic heterocycles. The number of nitrogens with zero attached hydrogens (tertiary/aromatic N) is 2. The molecule has 4 heteroatoms. The van der Waals surface area contributed by atoms with Gasteiger partial charge in [0.2, 0.25) is 0 Å². The van der Waals surface area contributed by atoms with E-state index in [1.165, 1.54) is 4.88 Å². The zero-order valence-electron chi connectivity index (χ0n) is 11.7. The first-order valence-electron chi connectivity index (χ1n) is 6.32. The van der Waals surface area contributed by atoms with Crippen molar-refractivity contribution in [1.82, 2.24) is 15.2 Å². The molecule has 0 radical (unpaired) electrons. The van der Waals surface area contributed by atoms with Crippen molar-refractivity contribution in [3.8, 4) is 0 Å². The molecule has 1 rings (SSSR count). The summed E-state index contributed by atoms with van der Waals surface area (Å²) in [5.74, 6) is 0. The van der Waals surface area contributed by atoms with Gasteiger partial charge in [-0.1, -0.05) is 13.8 Å². The van der Waals surface area contributed by atoms with Crippen LogP contribution in [0.1, 0.15) is 31.6 Å². The predicted molar refractivity (Wildman–Crippen MR) is 75.7 cm³/mol. The van der Waals surface area contributed by atoms with E-state index < -0.39 is 0 Å². The van der Waals surface area contributed by atoms with Gasteiger partial charge in [-0.25, -0.2) is 0 Å². The maximum atomic E-state index is 4.17. The Hall–Kier alpha value is -0.450. The first-order valence-corrected chi connectivity index (χ1v) is 7.20. The molecule has 1 atom stereocenters. The smallest absolute Gasteiger partial charge is 0.0794 e. The first kappa shape index (κ1) is 14.6. The second-order valence-electron chi connectivity index (χ2n) is 4.72. The second-order valence-corrected chi connectivity index (χ2v) is 5.69. The summed E-state index contributed by atoms with van der Waals surface area (Å²) in [6, 6.07) is 0.466. The molecule has 1 unspecified atom stereocenters. The third-order valence-corrected chi connectivity index (χ3v) is 4.80. The molecule has 0 bridgehead atoms. The summed E-state index contributed by atoms with van der Waals surface area (Å²) < 4.78 is 0. The summed E-state index contributed by atoms with van der Waals surface area (Å²) in [6.45, 7) is 4.56. The van der Waals surface area contributed by atoms with Gasteiger partial charge in [0.05, 0.1) is 5.51 Å². The summed E-state index contributed by atoms with van der Waals surface area (Å²) in [5.41, 5.74) is 2.13. The molecule has 1 aromatic rings. The Balaban J connectivity index is 2.89. The normalized spacial score (nSPS) is 14.2. The SMILES string of the molecule is CCC(CC)(C(Cc1cncs1)NC)N(C)C. The van der Waals surface area contributed by atoms with E-state index in [9.17, 15) is 0 Å². The van der Waals surface area contributed by atoms with Gasteiger partial charge in [0, 0.05) is 29.1 Å². The van der Waals surface area contributed by atoms with Crippen molar-refractivity contribution in [3.05, 3.63) is 16.6 Å². The van der Waals surface area contributed by atoms with Gasteiger partial charge >= 0.3 is 0 Å². The topological polar surface area (TPSA) is 28.2 Å². The minimum absolute atomic E-state index is 0.221. The molecule has 0 spiro atoms. The number of likely N-dealkylation sites (N-methyl/N-ethyl adjacent to an activating group) is 2. The Morgan fingerprint density at radius 2 is 2.06 bits per heavy atom. The van der Waals surface area contributed by atoms with Crippen LogP contribution in [0.2, 0.25) is 0 Å². The maximum Gasteiger partial charge on any atom is 0.0794 e. The van der Waals surface area contributed by atoms with Gasteiger partial charge in [-0.15, -0.1) is 11.3 Å². The fourth-order valence-corrected chi connectivity index (χ4v) is 3.43. The molecule has 0 aliphatic carbocycles. The predicted octanol–water partition coefficient (Wildman–Crippen LogP) is 2.39. The van der Waals surface area contributed by atoms with Crippen molar-refractivity contribution in [1.29, 1.82) is 0 Å². The average Bonchev–Trinajstić information content (AvgIpc) is 2.82. The van der Waals surface area contributed by atoms with Crippen LogP contribution in [0, 0.1) is 0 Å². The minimum atomic E-state index is 0.221. The van der Waals surface area contributed by atoms with Crippen molar-refractivity contribution < 1.29 is 0 Å². The summed E-state index contributed by atoms with van der Waals surface area (Å²) in [4.78, 5) is 7.89. The van der Waals surface area contributed by atoms with E-state index in [4.69, 9.17) is 0 Å². The largest absolute Gasteiger partial charge is 0.315 e. The number of rotatable bonds is 7. The molecule has 0 saturated carbocycles. The van der Waals surface area contributed by atoms with Crippen LogP contribution in [0.15, 0.2) is 11.7 Å². The summed E-state index contributed by atoms with van der Waals surface area (Å²) in [6.07, 6.45) is 5.35. The third-order valence-electron chi connectivity index (χ3n) is 4.00. The molecular weight excluding hydrogens is 230 g/mol. The molecule has 0 aliphatic rings. The highest BCUT2D eigenvalue weighted by atomic mass is 32.1. The summed E-state index contributed by atoms with van der Waals surface area (Å²) in [5, 5.41) is 3.50. The molecule has 1 aromatic heterocycles. The standard InChI is InChI=1S/C13H25N3S/c1-6-13(7-2,16(4)5)12(14-3)8-11-9-15-10-17-11/h9-10,12,14H,6-8H2,1-5H3. The lowest BCUT2D eigenvalue weighted by Gasteiger charge is -2.45. The number of hydrogen-bond acceptors (Lipinski definition) is 4. The van der Waals surface area contributed by atoms with Crippen LogP contribution >= 0.6 is 11.3 Å². The van der Waals surface area contributed by atoms with Gasteiger partial charge in [-0.3, -0.25) is 4.98 Å². The highest BCUT2D eigenvalue weighted by molar-refractivity contribution is 7.09. The Morgan fingerprint density at radius 3 is 2.41 bits per heavy atom. The van der Waals surface area contributed by atoms with Crippen LogP contribution in [0.3, 0.4) is 0 Å². The number of nitrogens with one attached hydrogen (secondary N) is 1. The van der Waals surface area contributed by atoms with Crippen molar-refractivity contribution in [3.63, 3.8) is 0 Å². The lowest BCUT2D eigenvalue weighted by atomic mass is 9.81. The van der Waals surface area contributed by atoms with E-state index in [1.54, 1.807) is 11.3 Å². The van der Waals surface area contributed by atoms with Gasteiger partial charge in [0.1, 0.15) is 0 Å². The van der Waals surface area contributed by atoms with Gasteiger partial charge < -0.3 is 10.2 Å². The fourth-order valence-electron chi connectivity index (χ4n) is 2.79. The van der Waals surface area contributed by atoms with Crippen molar-refractivity contribution in [2.24, 2.45) is 0 Å². The van der Waals surface area contributed by atoms with E-state index in [0.717, 1.165) is 19.3 Å². The maximum absolute atomic E-state index is 4.17. The summed E-state index contributed by atoms with van der Waals surface area (Å²) in [7, 11) is 6.43. The third kappa shape index (κ3) is 3.06. The van der Waals surface area contributed by atoms with Gasteiger partial charge in [0.15, 0.2) is 0 Å². The molecule has 0 fully saturated rings. The Bertz CT molecular complexity index is 304. The van der Waals surface area contributed by atoms with Crippen LogP contribution in [0.4, 0.5) is 0 Å². The quantitative estimate of drug-likeness (QED) is 0.811. The van der Waals surface area contributed by atoms with Gasteiger partial charge in [-0.2, -0.15) is 0 Å². The van der Waals surface area contributed by atoms with Crippen LogP contribution in [0.5, 0.6) is 0 Å². The molecule has 1 heterocycles. The molecule has 1 N–H and O–H groups in total.